The maximum absolute atomic E-state index is 12.2. The lowest BCUT2D eigenvalue weighted by Gasteiger charge is -2.23. The molecule has 3 rings (SSSR count). The number of nitrogens with one attached hydrogen (secondary N) is 2. The second kappa shape index (κ2) is 5.85. The number of carbonyl (C=O) groups excluding carboxylic acids is 1. The number of fused-ring (bicyclic) bond motifs is 1. The number of hydrogen-bond donors (Lipinski definition) is 2. The molecule has 1 unspecified atom stereocenters. The highest BCUT2D eigenvalue weighted by molar-refractivity contribution is 7.16. The summed E-state index contributed by atoms with van der Waals surface area (Å²) in [5.74, 6) is -0.0843. The van der Waals surface area contributed by atoms with Gasteiger partial charge in [-0.15, -0.1) is 11.3 Å². The lowest BCUT2D eigenvalue weighted by Crippen LogP contribution is -2.43. The van der Waals surface area contributed by atoms with Gasteiger partial charge in [-0.3, -0.25) is 14.9 Å². The van der Waals surface area contributed by atoms with E-state index < -0.39 is 4.92 Å². The van der Waals surface area contributed by atoms with Crippen molar-refractivity contribution in [3.05, 3.63) is 62.0 Å². The first-order chi connectivity index (χ1) is 11.0. The molecular formula is C16H15N3O3S. The molecule has 118 valence electrons. The molecule has 2 heterocycles. The van der Waals surface area contributed by atoms with Crippen LogP contribution in [-0.2, 0) is 0 Å². The molecule has 0 bridgehead atoms. The summed E-state index contributed by atoms with van der Waals surface area (Å²) < 4.78 is 0. The summed E-state index contributed by atoms with van der Waals surface area (Å²) in [4.78, 5) is 23.5. The third-order valence-corrected chi connectivity index (χ3v) is 4.91. The van der Waals surface area contributed by atoms with Crippen molar-refractivity contribution in [2.75, 3.05) is 5.32 Å². The van der Waals surface area contributed by atoms with E-state index in [4.69, 9.17) is 0 Å². The normalized spacial score (nSPS) is 16.8. The van der Waals surface area contributed by atoms with Crippen LogP contribution in [0.15, 0.2) is 30.3 Å². The summed E-state index contributed by atoms with van der Waals surface area (Å²) in [6.07, 6.45) is 3.34. The van der Waals surface area contributed by atoms with Gasteiger partial charge in [-0.2, -0.15) is 0 Å². The molecule has 1 aliphatic rings. The minimum absolute atomic E-state index is 0.0559. The maximum Gasteiger partial charge on any atom is 0.269 e. The van der Waals surface area contributed by atoms with Gasteiger partial charge in [-0.25, -0.2) is 0 Å². The number of carbonyl (C=O) groups is 1. The number of rotatable bonds is 3. The fraction of sp³-hybridized carbons (Fsp3) is 0.188. The van der Waals surface area contributed by atoms with E-state index >= 15 is 0 Å². The number of nitro benzene ring substituents is 1. The van der Waals surface area contributed by atoms with Gasteiger partial charge in [0.15, 0.2) is 0 Å². The van der Waals surface area contributed by atoms with Crippen LogP contribution in [-0.4, -0.2) is 17.0 Å². The predicted octanol–water partition coefficient (Wildman–Crippen LogP) is 3.47. The number of hydrogen-bond acceptors (Lipinski definition) is 5. The molecule has 1 aromatic carbocycles. The molecule has 1 amide bonds. The quantitative estimate of drug-likeness (QED) is 0.667. The fourth-order valence-electron chi connectivity index (χ4n) is 2.40. The van der Waals surface area contributed by atoms with E-state index in [0.717, 1.165) is 21.0 Å². The molecule has 23 heavy (non-hydrogen) atoms. The van der Waals surface area contributed by atoms with Crippen molar-refractivity contribution >= 4 is 34.0 Å². The molecular weight excluding hydrogens is 314 g/mol. The van der Waals surface area contributed by atoms with Crippen LogP contribution in [0.3, 0.4) is 0 Å². The zero-order chi connectivity index (χ0) is 16.6. The zero-order valence-electron chi connectivity index (χ0n) is 12.6. The second-order valence-corrected chi connectivity index (χ2v) is 6.52. The highest BCUT2D eigenvalue weighted by atomic mass is 32.1. The number of nitrogens with zero attached hydrogens (tertiary/aromatic N) is 1. The van der Waals surface area contributed by atoms with Gasteiger partial charge in [0.2, 0.25) is 0 Å². The molecule has 6 nitrogen and oxygen atoms in total. The van der Waals surface area contributed by atoms with Crippen molar-refractivity contribution in [3.63, 3.8) is 0 Å². The first-order valence-corrected chi connectivity index (χ1v) is 7.87. The first kappa shape index (κ1) is 15.2. The molecule has 0 aliphatic carbocycles. The Balaban J connectivity index is 1.76. The third kappa shape index (κ3) is 2.95. The van der Waals surface area contributed by atoms with Crippen LogP contribution in [0.2, 0.25) is 0 Å². The lowest BCUT2D eigenvalue weighted by atomic mass is 10.1. The molecule has 1 atom stereocenters. The van der Waals surface area contributed by atoms with E-state index in [1.54, 1.807) is 23.5 Å². The number of aryl methyl sites for hydroxylation is 1. The van der Waals surface area contributed by atoms with Crippen molar-refractivity contribution in [1.29, 1.82) is 0 Å². The van der Waals surface area contributed by atoms with E-state index in [1.807, 2.05) is 26.0 Å². The van der Waals surface area contributed by atoms with Gasteiger partial charge < -0.3 is 10.6 Å². The lowest BCUT2D eigenvalue weighted by molar-refractivity contribution is -0.384. The third-order valence-electron chi connectivity index (χ3n) is 3.77. The van der Waals surface area contributed by atoms with Gasteiger partial charge in [0.1, 0.15) is 11.2 Å². The summed E-state index contributed by atoms with van der Waals surface area (Å²) in [5, 5.41) is 17.7. The zero-order valence-corrected chi connectivity index (χ0v) is 13.4. The van der Waals surface area contributed by atoms with E-state index in [-0.39, 0.29) is 17.8 Å². The van der Waals surface area contributed by atoms with Crippen LogP contribution in [0.1, 0.15) is 26.4 Å². The van der Waals surface area contributed by atoms with Gasteiger partial charge in [0.25, 0.3) is 11.6 Å². The van der Waals surface area contributed by atoms with Crippen LogP contribution in [0.25, 0.3) is 6.08 Å². The molecule has 2 aromatic rings. The number of non-ortho nitro benzene ring substituents is 1. The van der Waals surface area contributed by atoms with Gasteiger partial charge in [0.05, 0.1) is 10.5 Å². The standard InChI is InChI=1S/C16H15N3O3S/c1-9-10(2)23-16-14(9)15(20)17-13(18-16)8-5-11-3-6-12(7-4-11)19(21)22/h3-8,13,18H,1-2H3,(H,17,20). The number of thiophene rings is 1. The van der Waals surface area contributed by atoms with Crippen LogP contribution < -0.4 is 10.6 Å². The molecule has 1 aromatic heterocycles. The summed E-state index contributed by atoms with van der Waals surface area (Å²) in [5.41, 5.74) is 2.61. The van der Waals surface area contributed by atoms with Crippen molar-refractivity contribution in [2.24, 2.45) is 0 Å². The highest BCUT2D eigenvalue weighted by Gasteiger charge is 2.26. The topological polar surface area (TPSA) is 84.3 Å². The number of anilines is 1. The average Bonchev–Trinajstić information content (AvgIpc) is 2.80. The fourth-order valence-corrected chi connectivity index (χ4v) is 3.50. The van der Waals surface area contributed by atoms with E-state index in [0.29, 0.717) is 5.56 Å². The van der Waals surface area contributed by atoms with Crippen LogP contribution in [0.5, 0.6) is 0 Å². The predicted molar refractivity (Wildman–Crippen MR) is 90.8 cm³/mol. The van der Waals surface area contributed by atoms with Gasteiger partial charge >= 0.3 is 0 Å². The molecule has 0 saturated carbocycles. The SMILES string of the molecule is Cc1sc2c(c1C)C(=O)NC(C=Cc1ccc([N+](=O)[O-])cc1)N2. The molecule has 0 radical (unpaired) electrons. The Labute approximate surface area is 137 Å². The monoisotopic (exact) mass is 329 g/mol. The summed E-state index contributed by atoms with van der Waals surface area (Å²) in [6, 6.07) is 6.25. The van der Waals surface area contributed by atoms with E-state index in [2.05, 4.69) is 10.6 Å². The van der Waals surface area contributed by atoms with Crippen LogP contribution in [0, 0.1) is 24.0 Å². The molecule has 0 spiro atoms. The van der Waals surface area contributed by atoms with Crippen molar-refractivity contribution < 1.29 is 9.72 Å². The molecule has 1 aliphatic heterocycles. The first-order valence-electron chi connectivity index (χ1n) is 7.06. The van der Waals surface area contributed by atoms with Crippen LogP contribution in [0.4, 0.5) is 10.7 Å². The van der Waals surface area contributed by atoms with E-state index in [1.165, 1.54) is 12.1 Å². The Morgan fingerprint density at radius 2 is 1.91 bits per heavy atom. The van der Waals surface area contributed by atoms with Crippen molar-refractivity contribution in [2.45, 2.75) is 20.0 Å². The second-order valence-electron chi connectivity index (χ2n) is 5.29. The Kier molecular flexibility index (Phi) is 3.87. The maximum atomic E-state index is 12.2. The summed E-state index contributed by atoms with van der Waals surface area (Å²) in [6.45, 7) is 3.94. The minimum atomic E-state index is -0.431. The number of nitro groups is 1. The smallest absolute Gasteiger partial charge is 0.269 e. The average molecular weight is 329 g/mol. The van der Waals surface area contributed by atoms with Crippen molar-refractivity contribution in [1.82, 2.24) is 5.32 Å². The molecule has 0 fully saturated rings. The minimum Gasteiger partial charge on any atom is -0.353 e. The van der Waals surface area contributed by atoms with Gasteiger partial charge in [-0.05, 0) is 43.2 Å². The largest absolute Gasteiger partial charge is 0.353 e. The Morgan fingerprint density at radius 1 is 1.22 bits per heavy atom. The highest BCUT2D eigenvalue weighted by Crippen LogP contribution is 2.34. The Morgan fingerprint density at radius 3 is 2.57 bits per heavy atom. The Bertz CT molecular complexity index is 809. The number of amides is 1. The van der Waals surface area contributed by atoms with Crippen LogP contribution >= 0.6 is 11.3 Å². The van der Waals surface area contributed by atoms with E-state index in [9.17, 15) is 14.9 Å². The van der Waals surface area contributed by atoms with Gasteiger partial charge in [0, 0.05) is 17.0 Å². The summed E-state index contributed by atoms with van der Waals surface area (Å²) in [7, 11) is 0. The Hall–Kier alpha value is -2.67. The molecule has 2 N–H and O–H groups in total. The summed E-state index contributed by atoms with van der Waals surface area (Å²) >= 11 is 1.57. The van der Waals surface area contributed by atoms with Gasteiger partial charge in [-0.1, -0.05) is 6.08 Å². The molecule has 7 heteroatoms. The molecule has 0 saturated heterocycles. The number of benzene rings is 1. The van der Waals surface area contributed by atoms with Crippen molar-refractivity contribution in [3.8, 4) is 0 Å².